The van der Waals surface area contributed by atoms with Gasteiger partial charge >= 0.3 is 5.97 Å². The highest BCUT2D eigenvalue weighted by Crippen LogP contribution is 2.39. The Balaban J connectivity index is 1.66. The van der Waals surface area contributed by atoms with Crippen LogP contribution in [0.2, 0.25) is 0 Å². The van der Waals surface area contributed by atoms with Crippen LogP contribution in [-0.4, -0.2) is 58.5 Å². The Morgan fingerprint density at radius 1 is 1.45 bits per heavy atom. The van der Waals surface area contributed by atoms with E-state index in [9.17, 15) is 20.0 Å². The molecule has 6 N–H and O–H groups in total. The molecule has 1 aliphatic carbocycles. The summed E-state index contributed by atoms with van der Waals surface area (Å²) in [5, 5.41) is 30.0. The number of amidine groups is 1. The van der Waals surface area contributed by atoms with Crippen LogP contribution < -0.4 is 11.1 Å². The van der Waals surface area contributed by atoms with E-state index in [0.29, 0.717) is 11.4 Å². The van der Waals surface area contributed by atoms with E-state index in [1.807, 2.05) is 0 Å². The van der Waals surface area contributed by atoms with Crippen molar-refractivity contribution in [3.8, 4) is 6.07 Å². The van der Waals surface area contributed by atoms with Gasteiger partial charge in [0.15, 0.2) is 11.4 Å². The number of aliphatic hydroxyl groups excluding tert-OH is 1. The largest absolute Gasteiger partial charge is 0.463 e. The molecule has 2 aliphatic rings. The number of amides is 1. The van der Waals surface area contributed by atoms with Crippen LogP contribution in [0.3, 0.4) is 0 Å². The van der Waals surface area contributed by atoms with Gasteiger partial charge in [-0.2, -0.15) is 5.26 Å². The molecule has 1 saturated heterocycles. The number of carbonyl (C=O) groups excluding carboxylic acids is 2. The SMILES string of the molecule is CC(=O)N/C(=N/C=N)c1ccc([C@@]2(C#N)C[C@H](O)[C@@H](COC(=O)CC3(N)CCCCC3)O2)[nH]1. The lowest BCUT2D eigenvalue weighted by Crippen LogP contribution is -2.44. The van der Waals surface area contributed by atoms with Crippen LogP contribution >= 0.6 is 0 Å². The summed E-state index contributed by atoms with van der Waals surface area (Å²) in [4.78, 5) is 30.5. The average Bonchev–Trinajstić information content (AvgIpc) is 3.37. The summed E-state index contributed by atoms with van der Waals surface area (Å²) in [5.41, 5.74) is 4.97. The van der Waals surface area contributed by atoms with E-state index >= 15 is 0 Å². The number of hydrogen-bond acceptors (Lipinski definition) is 8. The minimum absolute atomic E-state index is 0.0380. The minimum atomic E-state index is -1.50. The summed E-state index contributed by atoms with van der Waals surface area (Å²) in [7, 11) is 0. The normalized spacial score (nSPS) is 26.9. The number of nitrogens with zero attached hydrogens (tertiary/aromatic N) is 2. The molecule has 3 rings (SSSR count). The van der Waals surface area contributed by atoms with Gasteiger partial charge in [0.25, 0.3) is 0 Å². The van der Waals surface area contributed by atoms with Crippen molar-refractivity contribution < 1.29 is 24.2 Å². The van der Waals surface area contributed by atoms with Gasteiger partial charge in [0.2, 0.25) is 5.91 Å². The Labute approximate surface area is 191 Å². The van der Waals surface area contributed by atoms with Gasteiger partial charge in [0.05, 0.1) is 23.9 Å². The number of rotatable bonds is 7. The summed E-state index contributed by atoms with van der Waals surface area (Å²) >= 11 is 0. The highest BCUT2D eigenvalue weighted by molar-refractivity contribution is 6.08. The fourth-order valence-corrected chi connectivity index (χ4v) is 4.38. The molecule has 3 atom stereocenters. The van der Waals surface area contributed by atoms with Crippen molar-refractivity contribution in [3.63, 3.8) is 0 Å². The van der Waals surface area contributed by atoms with E-state index in [1.165, 1.54) is 6.92 Å². The van der Waals surface area contributed by atoms with Crippen molar-refractivity contribution in [2.45, 2.75) is 75.2 Å². The van der Waals surface area contributed by atoms with Gasteiger partial charge in [0, 0.05) is 18.9 Å². The molecule has 1 aromatic rings. The van der Waals surface area contributed by atoms with E-state index in [0.717, 1.165) is 38.4 Å². The van der Waals surface area contributed by atoms with E-state index in [-0.39, 0.29) is 31.2 Å². The molecule has 0 bridgehead atoms. The van der Waals surface area contributed by atoms with Gasteiger partial charge in [-0.1, -0.05) is 19.3 Å². The Kier molecular flexibility index (Phi) is 7.63. The van der Waals surface area contributed by atoms with Crippen LogP contribution in [0.25, 0.3) is 0 Å². The van der Waals surface area contributed by atoms with Crippen LogP contribution in [0.5, 0.6) is 0 Å². The average molecular weight is 459 g/mol. The fraction of sp³-hybridized carbons (Fsp3) is 0.591. The molecule has 1 aliphatic heterocycles. The maximum Gasteiger partial charge on any atom is 0.307 e. The monoisotopic (exact) mass is 458 g/mol. The third-order valence-corrected chi connectivity index (χ3v) is 6.08. The first-order chi connectivity index (χ1) is 15.7. The number of hydrogen-bond donors (Lipinski definition) is 5. The molecule has 2 fully saturated rings. The van der Waals surface area contributed by atoms with Gasteiger partial charge < -0.3 is 30.6 Å². The minimum Gasteiger partial charge on any atom is -0.463 e. The number of aliphatic hydroxyl groups is 1. The standard InChI is InChI=1S/C22H30N6O5/c1-14(29)27-20(26-13-24)15-5-6-18(28-15)22(12-23)9-16(30)17(33-22)11-32-19(31)10-21(25)7-3-2-4-8-21/h5-6,13,16-17,28,30H,2-4,7-11,25H2,1H3,(H2,24,26,27,29)/t16-,17+,22-/m0/s1. The van der Waals surface area contributed by atoms with E-state index in [4.69, 9.17) is 20.6 Å². The Morgan fingerprint density at radius 2 is 2.18 bits per heavy atom. The zero-order valence-electron chi connectivity index (χ0n) is 18.6. The van der Waals surface area contributed by atoms with Crippen molar-refractivity contribution in [3.05, 3.63) is 23.5 Å². The molecule has 0 spiro atoms. The lowest BCUT2D eigenvalue weighted by Gasteiger charge is -2.32. The highest BCUT2D eigenvalue weighted by atomic mass is 16.6. The molecule has 0 radical (unpaired) electrons. The van der Waals surface area contributed by atoms with E-state index in [2.05, 4.69) is 21.4 Å². The number of nitrogens with two attached hydrogens (primary N) is 1. The predicted molar refractivity (Wildman–Crippen MR) is 118 cm³/mol. The van der Waals surface area contributed by atoms with Gasteiger partial charge in [-0.3, -0.25) is 15.0 Å². The third-order valence-electron chi connectivity index (χ3n) is 6.08. The molecule has 0 aromatic carbocycles. The Hall–Kier alpha value is -3.07. The molecule has 1 saturated carbocycles. The smallest absolute Gasteiger partial charge is 0.307 e. The van der Waals surface area contributed by atoms with Crippen molar-refractivity contribution in [1.82, 2.24) is 10.3 Å². The fourth-order valence-electron chi connectivity index (χ4n) is 4.38. The molecule has 0 unspecified atom stereocenters. The zero-order chi connectivity index (χ0) is 24.1. The molecule has 33 heavy (non-hydrogen) atoms. The van der Waals surface area contributed by atoms with Gasteiger partial charge in [-0.25, -0.2) is 4.99 Å². The van der Waals surface area contributed by atoms with Crippen LogP contribution in [-0.2, 0) is 24.7 Å². The molecule has 11 nitrogen and oxygen atoms in total. The Bertz CT molecular complexity index is 961. The highest BCUT2D eigenvalue weighted by Gasteiger charge is 2.49. The second-order valence-corrected chi connectivity index (χ2v) is 8.72. The summed E-state index contributed by atoms with van der Waals surface area (Å²) in [6, 6.07) is 5.26. The van der Waals surface area contributed by atoms with Crippen molar-refractivity contribution >= 4 is 24.1 Å². The van der Waals surface area contributed by atoms with Gasteiger partial charge in [0.1, 0.15) is 25.1 Å². The first kappa shape index (κ1) is 24.6. The lowest BCUT2D eigenvalue weighted by molar-refractivity contribution is -0.152. The van der Waals surface area contributed by atoms with Crippen LogP contribution in [0.4, 0.5) is 0 Å². The topological polar surface area (TPSA) is 187 Å². The zero-order valence-corrected chi connectivity index (χ0v) is 18.6. The lowest BCUT2D eigenvalue weighted by atomic mass is 9.80. The first-order valence-corrected chi connectivity index (χ1v) is 11.0. The summed E-state index contributed by atoms with van der Waals surface area (Å²) in [5.74, 6) is -0.711. The number of H-pyrrole nitrogens is 1. The number of ether oxygens (including phenoxy) is 2. The number of nitrogens with one attached hydrogen (secondary N) is 3. The number of aromatic amines is 1. The number of nitriles is 1. The predicted octanol–water partition coefficient (Wildman–Crippen LogP) is 0.968. The molecule has 1 aromatic heterocycles. The van der Waals surface area contributed by atoms with Crippen LogP contribution in [0, 0.1) is 16.7 Å². The molecule has 11 heteroatoms. The number of aliphatic imine (C=N–C) groups is 1. The number of esters is 1. The first-order valence-electron chi connectivity index (χ1n) is 11.0. The second-order valence-electron chi connectivity index (χ2n) is 8.72. The Morgan fingerprint density at radius 3 is 2.82 bits per heavy atom. The van der Waals surface area contributed by atoms with E-state index < -0.39 is 29.3 Å². The number of carbonyl (C=O) groups is 2. The summed E-state index contributed by atoms with van der Waals surface area (Å²) in [6.45, 7) is 1.11. The van der Waals surface area contributed by atoms with Gasteiger partial charge in [-0.05, 0) is 25.0 Å². The molecule has 1 amide bonds. The van der Waals surface area contributed by atoms with Crippen LogP contribution in [0.15, 0.2) is 17.1 Å². The maximum atomic E-state index is 12.3. The maximum absolute atomic E-state index is 12.3. The number of aromatic nitrogens is 1. The summed E-state index contributed by atoms with van der Waals surface area (Å²) in [6.07, 6.45) is 3.59. The van der Waals surface area contributed by atoms with Crippen LogP contribution in [0.1, 0.15) is 63.3 Å². The molecular formula is C22H30N6O5. The van der Waals surface area contributed by atoms with Crippen molar-refractivity contribution in [1.29, 1.82) is 10.7 Å². The molecule has 178 valence electrons. The second kappa shape index (κ2) is 10.2. The third kappa shape index (κ3) is 5.84. The molecule has 2 heterocycles. The quantitative estimate of drug-likeness (QED) is 0.229. The van der Waals surface area contributed by atoms with Crippen molar-refractivity contribution in [2.24, 2.45) is 10.7 Å². The molecular weight excluding hydrogens is 428 g/mol. The summed E-state index contributed by atoms with van der Waals surface area (Å²) < 4.78 is 11.2. The van der Waals surface area contributed by atoms with E-state index in [1.54, 1.807) is 12.1 Å². The van der Waals surface area contributed by atoms with Gasteiger partial charge in [-0.15, -0.1) is 0 Å². The van der Waals surface area contributed by atoms with Crippen molar-refractivity contribution in [2.75, 3.05) is 6.61 Å².